The fraction of sp³-hybridized carbons (Fsp3) is 0.188. The highest BCUT2D eigenvalue weighted by Crippen LogP contribution is 2.17. The number of aliphatic hydroxyl groups excluding tert-OH is 1. The Morgan fingerprint density at radius 1 is 1.19 bits per heavy atom. The molecule has 1 N–H and O–H groups in total. The highest BCUT2D eigenvalue weighted by Gasteiger charge is 2.09. The van der Waals surface area contributed by atoms with Gasteiger partial charge in [-0.05, 0) is 30.3 Å². The fourth-order valence-electron chi connectivity index (χ4n) is 2.18. The van der Waals surface area contributed by atoms with E-state index in [1.807, 2.05) is 41.0 Å². The van der Waals surface area contributed by atoms with Crippen LogP contribution >= 0.6 is 11.6 Å². The first-order chi connectivity index (χ1) is 10.2. The maximum Gasteiger partial charge on any atom is 0.120 e. The summed E-state index contributed by atoms with van der Waals surface area (Å²) >= 11 is 5.89. The van der Waals surface area contributed by atoms with Gasteiger partial charge >= 0.3 is 0 Å². The summed E-state index contributed by atoms with van der Waals surface area (Å²) in [5.41, 5.74) is 1.92. The normalized spacial score (nSPS) is 12.5. The zero-order valence-electron chi connectivity index (χ0n) is 11.3. The van der Waals surface area contributed by atoms with Crippen molar-refractivity contribution >= 4 is 22.6 Å². The molecule has 108 valence electrons. The Labute approximate surface area is 127 Å². The van der Waals surface area contributed by atoms with E-state index in [0.717, 1.165) is 11.0 Å². The Balaban J connectivity index is 1.62. The van der Waals surface area contributed by atoms with Crippen molar-refractivity contribution in [3.63, 3.8) is 0 Å². The number of halogens is 1. The number of ether oxygens (including phenoxy) is 1. The topological polar surface area (TPSA) is 47.3 Å². The van der Waals surface area contributed by atoms with Gasteiger partial charge in [0.15, 0.2) is 0 Å². The van der Waals surface area contributed by atoms with Crippen LogP contribution in [0.3, 0.4) is 0 Å². The third kappa shape index (κ3) is 3.35. The Morgan fingerprint density at radius 2 is 2.05 bits per heavy atom. The first kappa shape index (κ1) is 13.9. The minimum absolute atomic E-state index is 0.201. The van der Waals surface area contributed by atoms with Crippen LogP contribution in [-0.2, 0) is 6.54 Å². The molecule has 3 rings (SSSR count). The monoisotopic (exact) mass is 302 g/mol. The van der Waals surface area contributed by atoms with Gasteiger partial charge in [0, 0.05) is 5.02 Å². The first-order valence-corrected chi connectivity index (χ1v) is 7.06. The number of rotatable bonds is 5. The smallest absolute Gasteiger partial charge is 0.120 e. The Morgan fingerprint density at radius 3 is 2.90 bits per heavy atom. The minimum atomic E-state index is -0.624. The lowest BCUT2D eigenvalue weighted by atomic mass is 10.3. The maximum absolute atomic E-state index is 10.1. The summed E-state index contributed by atoms with van der Waals surface area (Å²) in [6, 6.07) is 14.9. The molecule has 1 unspecified atom stereocenters. The van der Waals surface area contributed by atoms with Crippen LogP contribution in [-0.4, -0.2) is 27.4 Å². The van der Waals surface area contributed by atoms with Gasteiger partial charge in [-0.2, -0.15) is 0 Å². The van der Waals surface area contributed by atoms with Crippen molar-refractivity contribution in [2.75, 3.05) is 6.61 Å². The number of nitrogens with zero attached hydrogens (tertiary/aromatic N) is 2. The SMILES string of the molecule is OC(COc1cccc(Cl)c1)Cn1cnc2ccccc21. The highest BCUT2D eigenvalue weighted by molar-refractivity contribution is 6.30. The molecule has 1 atom stereocenters. The van der Waals surface area contributed by atoms with Crippen LogP contribution in [0.15, 0.2) is 54.9 Å². The lowest BCUT2D eigenvalue weighted by molar-refractivity contribution is 0.0934. The molecule has 0 aliphatic rings. The third-order valence-electron chi connectivity index (χ3n) is 3.17. The molecule has 1 aromatic heterocycles. The molecular weight excluding hydrogens is 288 g/mol. The Hall–Kier alpha value is -2.04. The van der Waals surface area contributed by atoms with E-state index in [9.17, 15) is 5.11 Å². The molecule has 1 heterocycles. The average molecular weight is 303 g/mol. The van der Waals surface area contributed by atoms with Gasteiger partial charge in [0.1, 0.15) is 18.5 Å². The number of imidazole rings is 1. The lowest BCUT2D eigenvalue weighted by Crippen LogP contribution is -2.23. The molecule has 0 amide bonds. The molecule has 5 heteroatoms. The molecule has 0 spiro atoms. The zero-order valence-corrected chi connectivity index (χ0v) is 12.1. The van der Waals surface area contributed by atoms with Gasteiger partial charge in [0.2, 0.25) is 0 Å². The van der Waals surface area contributed by atoms with Gasteiger partial charge in [-0.1, -0.05) is 29.8 Å². The van der Waals surface area contributed by atoms with Crippen LogP contribution in [0.1, 0.15) is 0 Å². The van der Waals surface area contributed by atoms with Crippen molar-refractivity contribution in [3.05, 3.63) is 59.9 Å². The van der Waals surface area contributed by atoms with Gasteiger partial charge in [-0.15, -0.1) is 0 Å². The molecule has 4 nitrogen and oxygen atoms in total. The van der Waals surface area contributed by atoms with E-state index < -0.39 is 6.10 Å². The summed E-state index contributed by atoms with van der Waals surface area (Å²) in [6.45, 7) is 0.633. The number of fused-ring (bicyclic) bond motifs is 1. The van der Waals surface area contributed by atoms with E-state index in [4.69, 9.17) is 16.3 Å². The average Bonchev–Trinajstić information content (AvgIpc) is 2.89. The fourth-order valence-corrected chi connectivity index (χ4v) is 2.37. The molecule has 0 saturated carbocycles. The largest absolute Gasteiger partial charge is 0.491 e. The summed E-state index contributed by atoms with van der Waals surface area (Å²) in [4.78, 5) is 4.30. The number of aliphatic hydroxyl groups is 1. The van der Waals surface area contributed by atoms with Crippen molar-refractivity contribution in [3.8, 4) is 5.75 Å². The number of para-hydroxylation sites is 2. The quantitative estimate of drug-likeness (QED) is 0.787. The van der Waals surface area contributed by atoms with E-state index in [1.165, 1.54) is 0 Å². The van der Waals surface area contributed by atoms with E-state index in [0.29, 0.717) is 17.3 Å². The standard InChI is InChI=1S/C16H15ClN2O2/c17-12-4-3-5-14(8-12)21-10-13(20)9-19-11-18-15-6-1-2-7-16(15)19/h1-8,11,13,20H,9-10H2. The molecule has 21 heavy (non-hydrogen) atoms. The molecule has 2 aromatic carbocycles. The van der Waals surface area contributed by atoms with Gasteiger partial charge in [0.05, 0.1) is 23.9 Å². The summed E-state index contributed by atoms with van der Waals surface area (Å²) in [5, 5.41) is 10.7. The second-order valence-corrected chi connectivity index (χ2v) is 5.24. The second kappa shape index (κ2) is 6.16. The summed E-state index contributed by atoms with van der Waals surface area (Å²) < 4.78 is 7.46. The predicted molar refractivity (Wildman–Crippen MR) is 82.7 cm³/mol. The summed E-state index contributed by atoms with van der Waals surface area (Å²) in [7, 11) is 0. The second-order valence-electron chi connectivity index (χ2n) is 4.81. The van der Waals surface area contributed by atoms with Crippen LogP contribution in [0.4, 0.5) is 0 Å². The van der Waals surface area contributed by atoms with Crippen molar-refractivity contribution in [2.45, 2.75) is 12.6 Å². The minimum Gasteiger partial charge on any atom is -0.491 e. The van der Waals surface area contributed by atoms with E-state index >= 15 is 0 Å². The number of hydrogen-bond donors (Lipinski definition) is 1. The molecule has 0 saturated heterocycles. The summed E-state index contributed by atoms with van der Waals surface area (Å²) in [6.07, 6.45) is 1.11. The van der Waals surface area contributed by atoms with E-state index in [2.05, 4.69) is 4.98 Å². The molecule has 0 bridgehead atoms. The van der Waals surface area contributed by atoms with Crippen molar-refractivity contribution in [2.24, 2.45) is 0 Å². The molecule has 0 aliphatic carbocycles. The van der Waals surface area contributed by atoms with Crippen LogP contribution in [0.5, 0.6) is 5.75 Å². The third-order valence-corrected chi connectivity index (χ3v) is 3.41. The number of aromatic nitrogens is 2. The molecule has 3 aromatic rings. The van der Waals surface area contributed by atoms with Gasteiger partial charge in [-0.25, -0.2) is 4.98 Å². The molecule has 0 radical (unpaired) electrons. The zero-order chi connectivity index (χ0) is 14.7. The van der Waals surface area contributed by atoms with E-state index in [-0.39, 0.29) is 6.61 Å². The molecule has 0 fully saturated rings. The summed E-state index contributed by atoms with van der Waals surface area (Å²) in [5.74, 6) is 0.650. The van der Waals surface area contributed by atoms with E-state index in [1.54, 1.807) is 18.5 Å². The Bertz CT molecular complexity index is 742. The highest BCUT2D eigenvalue weighted by atomic mass is 35.5. The van der Waals surface area contributed by atoms with Crippen LogP contribution in [0, 0.1) is 0 Å². The van der Waals surface area contributed by atoms with Gasteiger partial charge in [0.25, 0.3) is 0 Å². The van der Waals surface area contributed by atoms with Gasteiger partial charge < -0.3 is 14.4 Å². The first-order valence-electron chi connectivity index (χ1n) is 6.69. The van der Waals surface area contributed by atoms with Crippen LogP contribution in [0.2, 0.25) is 5.02 Å². The number of hydrogen-bond acceptors (Lipinski definition) is 3. The van der Waals surface area contributed by atoms with Crippen LogP contribution in [0.25, 0.3) is 11.0 Å². The van der Waals surface area contributed by atoms with Crippen molar-refractivity contribution in [1.29, 1.82) is 0 Å². The van der Waals surface area contributed by atoms with Gasteiger partial charge in [-0.3, -0.25) is 0 Å². The van der Waals surface area contributed by atoms with Crippen LogP contribution < -0.4 is 4.74 Å². The van der Waals surface area contributed by atoms with Crippen molar-refractivity contribution < 1.29 is 9.84 Å². The Kier molecular flexibility index (Phi) is 4.08. The lowest BCUT2D eigenvalue weighted by Gasteiger charge is -2.13. The molecular formula is C16H15ClN2O2. The number of benzene rings is 2. The van der Waals surface area contributed by atoms with Crippen molar-refractivity contribution in [1.82, 2.24) is 9.55 Å². The predicted octanol–water partition coefficient (Wildman–Crippen LogP) is 3.13. The maximum atomic E-state index is 10.1. The molecule has 0 aliphatic heterocycles.